The largest absolute Gasteiger partial charge is 0.298 e. The molecule has 0 aliphatic heterocycles. The van der Waals surface area contributed by atoms with Crippen LogP contribution in [0.15, 0.2) is 12.2 Å². The van der Waals surface area contributed by atoms with Crippen molar-refractivity contribution in [3.63, 3.8) is 0 Å². The standard InChI is InChI=1S/C8H13ClO/c1-8(7-10)5-3-2-4-6-9/h7H,1-6H2. The second-order valence-electron chi connectivity index (χ2n) is 2.28. The topological polar surface area (TPSA) is 17.1 Å². The molecule has 0 heterocycles. The maximum absolute atomic E-state index is 10.0. The normalized spacial score (nSPS) is 9.30. The number of rotatable bonds is 6. The minimum absolute atomic E-state index is 0.689. The van der Waals surface area contributed by atoms with Crippen molar-refractivity contribution in [2.45, 2.75) is 25.7 Å². The fourth-order valence-electron chi connectivity index (χ4n) is 0.682. The first kappa shape index (κ1) is 9.70. The smallest absolute Gasteiger partial charge is 0.145 e. The molecule has 0 aromatic rings. The monoisotopic (exact) mass is 160 g/mol. The Labute approximate surface area is 67.1 Å². The summed E-state index contributed by atoms with van der Waals surface area (Å²) in [6.45, 7) is 3.57. The van der Waals surface area contributed by atoms with Crippen LogP contribution in [0.25, 0.3) is 0 Å². The third-order valence-electron chi connectivity index (χ3n) is 1.30. The van der Waals surface area contributed by atoms with Crippen molar-refractivity contribution in [1.82, 2.24) is 0 Å². The fraction of sp³-hybridized carbons (Fsp3) is 0.625. The van der Waals surface area contributed by atoms with Crippen LogP contribution in [0.1, 0.15) is 25.7 Å². The summed E-state index contributed by atoms with van der Waals surface area (Å²) in [5.41, 5.74) is 0.689. The van der Waals surface area contributed by atoms with Gasteiger partial charge in [0, 0.05) is 5.88 Å². The van der Waals surface area contributed by atoms with Crippen LogP contribution < -0.4 is 0 Å². The van der Waals surface area contributed by atoms with Gasteiger partial charge in [0.1, 0.15) is 6.29 Å². The van der Waals surface area contributed by atoms with Gasteiger partial charge < -0.3 is 0 Å². The highest BCUT2D eigenvalue weighted by Crippen LogP contribution is 2.05. The maximum Gasteiger partial charge on any atom is 0.145 e. The van der Waals surface area contributed by atoms with Crippen LogP contribution in [0, 0.1) is 0 Å². The van der Waals surface area contributed by atoms with E-state index in [1.165, 1.54) is 0 Å². The molecule has 0 fully saturated rings. The maximum atomic E-state index is 10.0. The Kier molecular flexibility index (Phi) is 6.61. The minimum atomic E-state index is 0.689. The number of hydrogen-bond acceptors (Lipinski definition) is 1. The number of allylic oxidation sites excluding steroid dienone is 1. The van der Waals surface area contributed by atoms with Crippen LogP contribution in [-0.2, 0) is 4.79 Å². The second-order valence-corrected chi connectivity index (χ2v) is 2.65. The third kappa shape index (κ3) is 5.83. The molecule has 0 unspecified atom stereocenters. The second kappa shape index (κ2) is 6.81. The van der Waals surface area contributed by atoms with Crippen LogP contribution in [0.5, 0.6) is 0 Å². The summed E-state index contributed by atoms with van der Waals surface area (Å²) >= 11 is 5.46. The average molecular weight is 161 g/mol. The zero-order valence-corrected chi connectivity index (χ0v) is 6.86. The number of carbonyl (C=O) groups is 1. The van der Waals surface area contributed by atoms with E-state index in [1.54, 1.807) is 0 Å². The molecule has 0 amide bonds. The number of halogens is 1. The van der Waals surface area contributed by atoms with Crippen LogP contribution in [0.3, 0.4) is 0 Å². The Morgan fingerprint density at radius 3 is 2.60 bits per heavy atom. The van der Waals surface area contributed by atoms with E-state index in [0.717, 1.165) is 32.0 Å². The predicted octanol–water partition coefficient (Wildman–Crippen LogP) is 2.54. The van der Waals surface area contributed by atoms with Gasteiger partial charge in [-0.05, 0) is 24.8 Å². The number of hydrogen-bond donors (Lipinski definition) is 0. The Hall–Kier alpha value is -0.300. The zero-order valence-electron chi connectivity index (χ0n) is 6.11. The summed E-state index contributed by atoms with van der Waals surface area (Å²) in [6.07, 6.45) is 4.80. The van der Waals surface area contributed by atoms with Crippen LogP contribution in [0.2, 0.25) is 0 Å². The van der Waals surface area contributed by atoms with E-state index < -0.39 is 0 Å². The Morgan fingerprint density at radius 2 is 2.10 bits per heavy atom. The van der Waals surface area contributed by atoms with Crippen molar-refractivity contribution in [1.29, 1.82) is 0 Å². The molecule has 0 atom stereocenters. The highest BCUT2D eigenvalue weighted by molar-refractivity contribution is 6.17. The summed E-state index contributed by atoms with van der Waals surface area (Å²) in [4.78, 5) is 10.0. The van der Waals surface area contributed by atoms with Crippen molar-refractivity contribution in [3.8, 4) is 0 Å². The lowest BCUT2D eigenvalue weighted by Gasteiger charge is -1.95. The molecule has 0 aromatic heterocycles. The zero-order chi connectivity index (χ0) is 7.82. The van der Waals surface area contributed by atoms with Crippen molar-refractivity contribution < 1.29 is 4.79 Å². The average Bonchev–Trinajstić information content (AvgIpc) is 1.98. The van der Waals surface area contributed by atoms with E-state index in [4.69, 9.17) is 11.6 Å². The summed E-state index contributed by atoms with van der Waals surface area (Å²) < 4.78 is 0. The number of unbranched alkanes of at least 4 members (excludes halogenated alkanes) is 2. The Balaban J connectivity index is 3.03. The quantitative estimate of drug-likeness (QED) is 0.253. The molecule has 0 rings (SSSR count). The lowest BCUT2D eigenvalue weighted by molar-refractivity contribution is -0.105. The van der Waals surface area contributed by atoms with Crippen LogP contribution in [-0.4, -0.2) is 12.2 Å². The predicted molar refractivity (Wildman–Crippen MR) is 44.4 cm³/mol. The number of carbonyl (C=O) groups excluding carboxylic acids is 1. The molecule has 0 aromatic carbocycles. The van der Waals surface area contributed by atoms with E-state index >= 15 is 0 Å². The first-order valence-electron chi connectivity index (χ1n) is 3.50. The van der Waals surface area contributed by atoms with Crippen molar-refractivity contribution in [2.75, 3.05) is 5.88 Å². The minimum Gasteiger partial charge on any atom is -0.298 e. The van der Waals surface area contributed by atoms with Gasteiger partial charge in [0.15, 0.2) is 0 Å². The van der Waals surface area contributed by atoms with Gasteiger partial charge in [-0.25, -0.2) is 0 Å². The first-order valence-corrected chi connectivity index (χ1v) is 4.03. The van der Waals surface area contributed by atoms with Gasteiger partial charge in [0.25, 0.3) is 0 Å². The molecule has 0 radical (unpaired) electrons. The van der Waals surface area contributed by atoms with Gasteiger partial charge in [-0.15, -0.1) is 11.6 Å². The van der Waals surface area contributed by atoms with E-state index in [0.29, 0.717) is 11.5 Å². The first-order chi connectivity index (χ1) is 4.81. The van der Waals surface area contributed by atoms with E-state index in [2.05, 4.69) is 6.58 Å². The molecule has 1 nitrogen and oxygen atoms in total. The van der Waals surface area contributed by atoms with Gasteiger partial charge in [0.05, 0.1) is 0 Å². The molecule has 0 N–H and O–H groups in total. The molecular weight excluding hydrogens is 148 g/mol. The molecule has 0 saturated carbocycles. The summed E-state index contributed by atoms with van der Waals surface area (Å²) in [5, 5.41) is 0. The fourth-order valence-corrected chi connectivity index (χ4v) is 0.871. The SMILES string of the molecule is C=C(C=O)CCCCCCl. The molecule has 0 aliphatic carbocycles. The molecule has 58 valence electrons. The van der Waals surface area contributed by atoms with Gasteiger partial charge in [0.2, 0.25) is 0 Å². The van der Waals surface area contributed by atoms with E-state index in [9.17, 15) is 4.79 Å². The summed E-state index contributed by atoms with van der Waals surface area (Å²) in [5.74, 6) is 0.716. The molecule has 0 spiro atoms. The third-order valence-corrected chi connectivity index (χ3v) is 1.57. The van der Waals surface area contributed by atoms with Crippen molar-refractivity contribution in [3.05, 3.63) is 12.2 Å². The molecule has 2 heteroatoms. The lowest BCUT2D eigenvalue weighted by atomic mass is 10.1. The molecular formula is C8H13ClO. The van der Waals surface area contributed by atoms with Gasteiger partial charge in [-0.2, -0.15) is 0 Å². The van der Waals surface area contributed by atoms with Gasteiger partial charge >= 0.3 is 0 Å². The number of aldehydes is 1. The number of alkyl halides is 1. The van der Waals surface area contributed by atoms with Crippen molar-refractivity contribution >= 4 is 17.9 Å². The van der Waals surface area contributed by atoms with Crippen LogP contribution in [0.4, 0.5) is 0 Å². The molecule has 0 bridgehead atoms. The molecule has 10 heavy (non-hydrogen) atoms. The van der Waals surface area contributed by atoms with Crippen LogP contribution >= 0.6 is 11.6 Å². The molecule has 0 saturated heterocycles. The lowest BCUT2D eigenvalue weighted by Crippen LogP contribution is -1.83. The summed E-state index contributed by atoms with van der Waals surface area (Å²) in [6, 6.07) is 0. The van der Waals surface area contributed by atoms with E-state index in [1.807, 2.05) is 0 Å². The van der Waals surface area contributed by atoms with Gasteiger partial charge in [-0.3, -0.25) is 4.79 Å². The molecule has 0 aliphatic rings. The van der Waals surface area contributed by atoms with E-state index in [-0.39, 0.29) is 0 Å². The van der Waals surface area contributed by atoms with Gasteiger partial charge in [-0.1, -0.05) is 13.0 Å². The summed E-state index contributed by atoms with van der Waals surface area (Å²) in [7, 11) is 0. The highest BCUT2D eigenvalue weighted by atomic mass is 35.5. The Bertz CT molecular complexity index is 110. The highest BCUT2D eigenvalue weighted by Gasteiger charge is 1.91. The van der Waals surface area contributed by atoms with Crippen molar-refractivity contribution in [2.24, 2.45) is 0 Å². The Morgan fingerprint density at radius 1 is 1.40 bits per heavy atom.